The maximum absolute atomic E-state index is 13.9. The second kappa shape index (κ2) is 16.4. The first-order chi connectivity index (χ1) is 23.2. The van der Waals surface area contributed by atoms with E-state index in [0.29, 0.717) is 54.1 Å². The first kappa shape index (κ1) is 34.6. The molecule has 48 heavy (non-hydrogen) atoms. The fraction of sp³-hybridized carbons (Fsp3) is 0.333. The largest absolute Gasteiger partial charge is 0.462 e. The Hall–Kier alpha value is -4.68. The van der Waals surface area contributed by atoms with Crippen LogP contribution < -0.4 is 5.32 Å². The highest BCUT2D eigenvalue weighted by Gasteiger charge is 2.28. The molecule has 0 bridgehead atoms. The zero-order chi connectivity index (χ0) is 34.0. The molecule has 0 radical (unpaired) electrons. The Morgan fingerprint density at radius 3 is 1.98 bits per heavy atom. The second-order valence-corrected chi connectivity index (χ2v) is 13.4. The standard InChI is InChI=1S/C42H47NO5/c1-28(2)20-21-47-42(46)39-36-25-32(24-35(33-18-12-7-13-19-33)41(45)43-37(27-44)29(3)4)23-34(22-30-14-8-5-9-15-30)40(36)48-38(39)26-31-16-10-6-11-17-31/h5-19,23,25,28-29,35,37,44H,20-22,24,26-27H2,1-4H3,(H,43,45)/t35?,37-/m0/s1. The zero-order valence-electron chi connectivity index (χ0n) is 28.4. The number of fused-ring (bicyclic) bond motifs is 1. The molecular formula is C42H47NO5. The van der Waals surface area contributed by atoms with Crippen molar-refractivity contribution < 1.29 is 23.8 Å². The SMILES string of the molecule is CC(C)CCOC(=O)c1c(Cc2ccccc2)oc2c(Cc3ccccc3)cc(CC(C(=O)N[C@@H](CO)C(C)C)c3ccccc3)cc12. The van der Waals surface area contributed by atoms with Crippen LogP contribution >= 0.6 is 0 Å². The quantitative estimate of drug-likeness (QED) is 0.112. The van der Waals surface area contributed by atoms with Gasteiger partial charge in [-0.05, 0) is 53.0 Å². The van der Waals surface area contributed by atoms with Crippen LogP contribution in [0.15, 0.2) is 108 Å². The van der Waals surface area contributed by atoms with Gasteiger partial charge in [-0.25, -0.2) is 4.79 Å². The maximum atomic E-state index is 13.9. The van der Waals surface area contributed by atoms with Crippen LogP contribution in [-0.4, -0.2) is 36.2 Å². The Balaban J connectivity index is 1.64. The first-order valence-electron chi connectivity index (χ1n) is 17.0. The fourth-order valence-electron chi connectivity index (χ4n) is 6.03. The van der Waals surface area contributed by atoms with Crippen molar-refractivity contribution in [1.29, 1.82) is 0 Å². The van der Waals surface area contributed by atoms with E-state index in [9.17, 15) is 14.7 Å². The summed E-state index contributed by atoms with van der Waals surface area (Å²) in [6.45, 7) is 8.36. The van der Waals surface area contributed by atoms with E-state index in [-0.39, 0.29) is 24.5 Å². The molecule has 0 aliphatic carbocycles. The van der Waals surface area contributed by atoms with Gasteiger partial charge in [-0.3, -0.25) is 4.79 Å². The van der Waals surface area contributed by atoms with Crippen molar-refractivity contribution in [2.24, 2.45) is 11.8 Å². The Morgan fingerprint density at radius 2 is 1.40 bits per heavy atom. The molecule has 0 saturated heterocycles. The Bertz CT molecular complexity index is 1780. The van der Waals surface area contributed by atoms with E-state index in [0.717, 1.165) is 34.2 Å². The molecule has 0 aliphatic heterocycles. The molecule has 1 heterocycles. The van der Waals surface area contributed by atoms with Crippen LogP contribution in [0.2, 0.25) is 0 Å². The zero-order valence-corrected chi connectivity index (χ0v) is 28.4. The number of hydrogen-bond donors (Lipinski definition) is 2. The van der Waals surface area contributed by atoms with Crippen molar-refractivity contribution in [3.8, 4) is 0 Å². The van der Waals surface area contributed by atoms with Gasteiger partial charge in [0.15, 0.2) is 0 Å². The third kappa shape index (κ3) is 8.81. The van der Waals surface area contributed by atoms with Gasteiger partial charge in [0.1, 0.15) is 16.9 Å². The van der Waals surface area contributed by atoms with Gasteiger partial charge in [-0.1, -0.05) is 125 Å². The summed E-state index contributed by atoms with van der Waals surface area (Å²) >= 11 is 0. The number of amides is 1. The van der Waals surface area contributed by atoms with Gasteiger partial charge < -0.3 is 19.6 Å². The number of nitrogens with one attached hydrogen (secondary N) is 1. The highest BCUT2D eigenvalue weighted by molar-refractivity contribution is 6.05. The fourth-order valence-corrected chi connectivity index (χ4v) is 6.03. The van der Waals surface area contributed by atoms with Gasteiger partial charge in [0, 0.05) is 23.8 Å². The van der Waals surface area contributed by atoms with Crippen LogP contribution in [0.4, 0.5) is 0 Å². The number of furan rings is 1. The number of benzene rings is 4. The monoisotopic (exact) mass is 645 g/mol. The number of hydrogen-bond acceptors (Lipinski definition) is 5. The van der Waals surface area contributed by atoms with Gasteiger partial charge in [-0.2, -0.15) is 0 Å². The first-order valence-corrected chi connectivity index (χ1v) is 17.0. The molecule has 4 aromatic carbocycles. The van der Waals surface area contributed by atoms with Crippen LogP contribution in [-0.2, 0) is 28.8 Å². The second-order valence-electron chi connectivity index (χ2n) is 13.4. The lowest BCUT2D eigenvalue weighted by Gasteiger charge is -2.24. The van der Waals surface area contributed by atoms with Crippen LogP contribution in [0.3, 0.4) is 0 Å². The minimum Gasteiger partial charge on any atom is -0.462 e. The third-order valence-electron chi connectivity index (χ3n) is 8.86. The molecule has 1 unspecified atom stereocenters. The molecular weight excluding hydrogens is 598 g/mol. The van der Waals surface area contributed by atoms with E-state index in [2.05, 4.69) is 37.4 Å². The van der Waals surface area contributed by atoms with E-state index in [1.165, 1.54) is 0 Å². The van der Waals surface area contributed by atoms with Crippen LogP contribution in [0, 0.1) is 11.8 Å². The summed E-state index contributed by atoms with van der Waals surface area (Å²) in [5.41, 5.74) is 5.96. The van der Waals surface area contributed by atoms with E-state index < -0.39 is 11.9 Å². The molecule has 250 valence electrons. The van der Waals surface area contributed by atoms with Crippen molar-refractivity contribution in [2.75, 3.05) is 13.2 Å². The molecule has 0 saturated carbocycles. The normalized spacial score (nSPS) is 12.7. The molecule has 1 amide bonds. The lowest BCUT2D eigenvalue weighted by atomic mass is 9.88. The van der Waals surface area contributed by atoms with Crippen molar-refractivity contribution in [1.82, 2.24) is 5.32 Å². The van der Waals surface area contributed by atoms with Crippen molar-refractivity contribution in [3.05, 3.63) is 142 Å². The van der Waals surface area contributed by atoms with Crippen LogP contribution in [0.25, 0.3) is 11.0 Å². The Kier molecular flexibility index (Phi) is 11.9. The number of aliphatic hydroxyl groups is 1. The average Bonchev–Trinajstić information content (AvgIpc) is 3.45. The summed E-state index contributed by atoms with van der Waals surface area (Å²) < 4.78 is 12.5. The predicted molar refractivity (Wildman–Crippen MR) is 191 cm³/mol. The van der Waals surface area contributed by atoms with E-state index in [1.54, 1.807) is 0 Å². The topological polar surface area (TPSA) is 88.8 Å². The highest BCUT2D eigenvalue weighted by atomic mass is 16.5. The summed E-state index contributed by atoms with van der Waals surface area (Å²) in [7, 11) is 0. The van der Waals surface area contributed by atoms with Crippen molar-refractivity contribution in [3.63, 3.8) is 0 Å². The number of aliphatic hydroxyl groups excluding tert-OH is 1. The molecule has 5 aromatic rings. The number of carbonyl (C=O) groups excluding carboxylic acids is 2. The van der Waals surface area contributed by atoms with E-state index in [1.807, 2.05) is 98.8 Å². The maximum Gasteiger partial charge on any atom is 0.342 e. The summed E-state index contributed by atoms with van der Waals surface area (Å²) in [6, 6.07) is 33.6. The number of carbonyl (C=O) groups is 2. The highest BCUT2D eigenvalue weighted by Crippen LogP contribution is 2.35. The van der Waals surface area contributed by atoms with Gasteiger partial charge in [0.25, 0.3) is 0 Å². The summed E-state index contributed by atoms with van der Waals surface area (Å²) in [5.74, 6) is -0.0287. The lowest BCUT2D eigenvalue weighted by molar-refractivity contribution is -0.124. The van der Waals surface area contributed by atoms with Gasteiger partial charge in [0.2, 0.25) is 5.91 Å². The van der Waals surface area contributed by atoms with Crippen LogP contribution in [0.5, 0.6) is 0 Å². The number of esters is 1. The van der Waals surface area contributed by atoms with Crippen molar-refractivity contribution >= 4 is 22.8 Å². The van der Waals surface area contributed by atoms with Gasteiger partial charge in [0.05, 0.1) is 25.2 Å². The van der Waals surface area contributed by atoms with E-state index in [4.69, 9.17) is 9.15 Å². The molecule has 0 spiro atoms. The summed E-state index contributed by atoms with van der Waals surface area (Å²) in [4.78, 5) is 27.8. The number of rotatable bonds is 15. The van der Waals surface area contributed by atoms with Gasteiger partial charge >= 0.3 is 5.97 Å². The molecule has 0 fully saturated rings. The lowest BCUT2D eigenvalue weighted by Crippen LogP contribution is -2.43. The Labute approximate surface area is 284 Å². The minimum absolute atomic E-state index is 0.0717. The minimum atomic E-state index is -0.516. The predicted octanol–water partition coefficient (Wildman–Crippen LogP) is 8.28. The summed E-state index contributed by atoms with van der Waals surface area (Å²) in [6.07, 6.45) is 2.19. The Morgan fingerprint density at radius 1 is 0.792 bits per heavy atom. The third-order valence-corrected chi connectivity index (χ3v) is 8.86. The molecule has 0 aliphatic rings. The van der Waals surface area contributed by atoms with Crippen molar-refractivity contribution in [2.45, 2.75) is 65.3 Å². The molecule has 2 atom stereocenters. The average molecular weight is 646 g/mol. The molecule has 5 rings (SSSR count). The van der Waals surface area contributed by atoms with Crippen LogP contribution in [0.1, 0.15) is 84.0 Å². The van der Waals surface area contributed by atoms with Gasteiger partial charge in [-0.15, -0.1) is 0 Å². The smallest absolute Gasteiger partial charge is 0.342 e. The number of ether oxygens (including phenoxy) is 1. The molecule has 6 nitrogen and oxygen atoms in total. The van der Waals surface area contributed by atoms with E-state index >= 15 is 0 Å². The molecule has 1 aromatic heterocycles. The molecule has 6 heteroatoms. The summed E-state index contributed by atoms with van der Waals surface area (Å²) in [5, 5.41) is 13.8. The molecule has 2 N–H and O–H groups in total.